The van der Waals surface area contributed by atoms with Gasteiger partial charge in [0.05, 0.1) is 6.54 Å². The van der Waals surface area contributed by atoms with Crippen molar-refractivity contribution in [2.45, 2.75) is 25.9 Å². The largest absolute Gasteiger partial charge is 0.343 e. The Bertz CT molecular complexity index is 786. The van der Waals surface area contributed by atoms with Gasteiger partial charge in [0.15, 0.2) is 0 Å². The summed E-state index contributed by atoms with van der Waals surface area (Å²) in [5, 5.41) is 2.63. The van der Waals surface area contributed by atoms with Crippen molar-refractivity contribution in [2.24, 2.45) is 5.73 Å². The molecule has 4 heteroatoms. The molecular weight excluding hydrogens is 315 g/mol. The van der Waals surface area contributed by atoms with Crippen LogP contribution in [0.4, 0.5) is 0 Å². The van der Waals surface area contributed by atoms with Crippen molar-refractivity contribution in [1.29, 1.82) is 0 Å². The maximum absolute atomic E-state index is 6.30. The molecule has 1 atom stereocenters. The molecule has 22 heavy (non-hydrogen) atoms. The highest BCUT2D eigenvalue weighted by Gasteiger charge is 2.12. The smallest absolute Gasteiger partial charge is 0.0505 e. The molecule has 0 spiro atoms. The molecule has 0 fully saturated rings. The number of halogens is 2. The fourth-order valence-electron chi connectivity index (χ4n) is 2.82. The zero-order valence-electron chi connectivity index (χ0n) is 12.4. The normalized spacial score (nSPS) is 12.7. The van der Waals surface area contributed by atoms with Crippen LogP contribution in [-0.4, -0.2) is 10.6 Å². The molecule has 0 radical (unpaired) electrons. The molecule has 0 saturated heterocycles. The monoisotopic (exact) mass is 332 g/mol. The van der Waals surface area contributed by atoms with Gasteiger partial charge >= 0.3 is 0 Å². The van der Waals surface area contributed by atoms with Crippen LogP contribution in [0.15, 0.2) is 48.7 Å². The Morgan fingerprint density at radius 3 is 2.41 bits per heavy atom. The van der Waals surface area contributed by atoms with Crippen LogP contribution in [0.25, 0.3) is 10.9 Å². The number of rotatable bonds is 4. The van der Waals surface area contributed by atoms with Gasteiger partial charge in [-0.15, -0.1) is 0 Å². The van der Waals surface area contributed by atoms with E-state index >= 15 is 0 Å². The lowest BCUT2D eigenvalue weighted by Gasteiger charge is -2.09. The average Bonchev–Trinajstić information content (AvgIpc) is 2.81. The number of aromatic nitrogens is 1. The van der Waals surface area contributed by atoms with E-state index in [1.807, 2.05) is 31.2 Å². The van der Waals surface area contributed by atoms with E-state index < -0.39 is 0 Å². The van der Waals surface area contributed by atoms with Crippen LogP contribution in [0.5, 0.6) is 0 Å². The number of nitrogens with zero attached hydrogens (tertiary/aromatic N) is 1. The second-order valence-corrected chi connectivity index (χ2v) is 6.50. The van der Waals surface area contributed by atoms with Crippen molar-refractivity contribution in [3.8, 4) is 0 Å². The summed E-state index contributed by atoms with van der Waals surface area (Å²) in [5.74, 6) is 0. The summed E-state index contributed by atoms with van der Waals surface area (Å²) in [4.78, 5) is 0. The Labute approximate surface area is 140 Å². The fraction of sp³-hybridized carbons (Fsp3) is 0.222. The molecular formula is C18H18Cl2N2. The van der Waals surface area contributed by atoms with Gasteiger partial charge in [-0.2, -0.15) is 0 Å². The first-order valence-corrected chi connectivity index (χ1v) is 8.07. The van der Waals surface area contributed by atoms with Crippen LogP contribution >= 0.6 is 23.2 Å². The fourth-order valence-corrected chi connectivity index (χ4v) is 3.33. The van der Waals surface area contributed by atoms with E-state index in [9.17, 15) is 0 Å². The quantitative estimate of drug-likeness (QED) is 0.724. The lowest BCUT2D eigenvalue weighted by molar-refractivity contribution is 0.735. The van der Waals surface area contributed by atoms with Crippen molar-refractivity contribution in [2.75, 3.05) is 0 Å². The molecule has 3 aromatic rings. The third-order valence-electron chi connectivity index (χ3n) is 3.80. The highest BCUT2D eigenvalue weighted by molar-refractivity contribution is 6.36. The summed E-state index contributed by atoms with van der Waals surface area (Å²) in [6, 6.07) is 14.1. The minimum atomic E-state index is 0.128. The van der Waals surface area contributed by atoms with Gasteiger partial charge in [0.1, 0.15) is 0 Å². The van der Waals surface area contributed by atoms with Gasteiger partial charge in [-0.1, -0.05) is 47.5 Å². The van der Waals surface area contributed by atoms with E-state index in [4.69, 9.17) is 28.9 Å². The van der Waals surface area contributed by atoms with E-state index in [0.717, 1.165) is 12.0 Å². The third kappa shape index (κ3) is 3.00. The van der Waals surface area contributed by atoms with Crippen LogP contribution < -0.4 is 5.73 Å². The number of hydrogen-bond donors (Lipinski definition) is 1. The summed E-state index contributed by atoms with van der Waals surface area (Å²) in [7, 11) is 0. The molecule has 1 aromatic heterocycles. The summed E-state index contributed by atoms with van der Waals surface area (Å²) >= 11 is 12.6. The van der Waals surface area contributed by atoms with Gasteiger partial charge in [-0.05, 0) is 37.1 Å². The van der Waals surface area contributed by atoms with Crippen molar-refractivity contribution < 1.29 is 0 Å². The van der Waals surface area contributed by atoms with E-state index in [1.54, 1.807) is 0 Å². The topological polar surface area (TPSA) is 30.9 Å². The van der Waals surface area contributed by atoms with Gasteiger partial charge in [0, 0.05) is 38.8 Å². The standard InChI is InChI=1S/C18H18Cl2N2/c1-12(21)9-13-10-22(18-8-3-2-5-14(13)18)11-15-16(19)6-4-7-17(15)20/h2-8,10,12H,9,11,21H2,1H3. The molecule has 0 bridgehead atoms. The van der Waals surface area contributed by atoms with Crippen molar-refractivity contribution in [1.82, 2.24) is 4.57 Å². The molecule has 0 aliphatic carbocycles. The molecule has 2 N–H and O–H groups in total. The number of nitrogens with two attached hydrogens (primary N) is 1. The maximum atomic E-state index is 6.30. The molecule has 1 unspecified atom stereocenters. The molecule has 0 amide bonds. The van der Waals surface area contributed by atoms with E-state index in [1.165, 1.54) is 16.5 Å². The highest BCUT2D eigenvalue weighted by Crippen LogP contribution is 2.28. The van der Waals surface area contributed by atoms with Gasteiger partial charge < -0.3 is 10.3 Å². The Kier molecular flexibility index (Phi) is 4.44. The second kappa shape index (κ2) is 6.33. The minimum Gasteiger partial charge on any atom is -0.343 e. The predicted molar refractivity (Wildman–Crippen MR) is 94.9 cm³/mol. The van der Waals surface area contributed by atoms with Crippen molar-refractivity contribution in [3.63, 3.8) is 0 Å². The van der Waals surface area contributed by atoms with Gasteiger partial charge in [-0.25, -0.2) is 0 Å². The minimum absolute atomic E-state index is 0.128. The van der Waals surface area contributed by atoms with Crippen molar-refractivity contribution >= 4 is 34.1 Å². The molecule has 0 aliphatic heterocycles. The number of benzene rings is 2. The molecule has 114 valence electrons. The van der Waals surface area contributed by atoms with Crippen molar-refractivity contribution in [3.05, 3.63) is 69.8 Å². The summed E-state index contributed by atoms with van der Waals surface area (Å²) < 4.78 is 2.19. The maximum Gasteiger partial charge on any atom is 0.0505 e. The van der Waals surface area contributed by atoms with E-state index in [0.29, 0.717) is 16.6 Å². The Balaban J connectivity index is 2.07. The van der Waals surface area contributed by atoms with Crippen LogP contribution in [0, 0.1) is 0 Å². The molecule has 1 heterocycles. The Morgan fingerprint density at radius 2 is 1.73 bits per heavy atom. The summed E-state index contributed by atoms with van der Waals surface area (Å²) in [6.07, 6.45) is 3.01. The van der Waals surface area contributed by atoms with Crippen LogP contribution in [0.1, 0.15) is 18.1 Å². The van der Waals surface area contributed by atoms with Gasteiger partial charge in [0.2, 0.25) is 0 Å². The summed E-state index contributed by atoms with van der Waals surface area (Å²) in [6.45, 7) is 2.68. The lowest BCUT2D eigenvalue weighted by atomic mass is 10.1. The van der Waals surface area contributed by atoms with Gasteiger partial charge in [0.25, 0.3) is 0 Å². The first kappa shape index (κ1) is 15.4. The predicted octanol–water partition coefficient (Wildman–Crippen LogP) is 4.89. The first-order valence-electron chi connectivity index (χ1n) is 7.31. The van der Waals surface area contributed by atoms with Crippen LogP contribution in [0.3, 0.4) is 0 Å². The number of para-hydroxylation sites is 1. The van der Waals surface area contributed by atoms with E-state index in [2.05, 4.69) is 29.0 Å². The average molecular weight is 333 g/mol. The molecule has 0 saturated carbocycles. The third-order valence-corrected chi connectivity index (χ3v) is 4.51. The van der Waals surface area contributed by atoms with Crippen LogP contribution in [0.2, 0.25) is 10.0 Å². The van der Waals surface area contributed by atoms with Crippen LogP contribution in [-0.2, 0) is 13.0 Å². The zero-order valence-corrected chi connectivity index (χ0v) is 13.9. The molecule has 0 aliphatic rings. The summed E-state index contributed by atoms with van der Waals surface area (Å²) in [5.41, 5.74) is 9.35. The lowest BCUT2D eigenvalue weighted by Crippen LogP contribution is -2.17. The highest BCUT2D eigenvalue weighted by atomic mass is 35.5. The SMILES string of the molecule is CC(N)Cc1cn(Cc2c(Cl)cccc2Cl)c2ccccc12. The number of hydrogen-bond acceptors (Lipinski definition) is 1. The molecule has 2 nitrogen and oxygen atoms in total. The van der Waals surface area contributed by atoms with E-state index in [-0.39, 0.29) is 6.04 Å². The molecule has 2 aromatic carbocycles. The first-order chi connectivity index (χ1) is 10.6. The Morgan fingerprint density at radius 1 is 1.05 bits per heavy atom. The number of fused-ring (bicyclic) bond motifs is 1. The molecule has 3 rings (SSSR count). The Hall–Kier alpha value is -1.48. The second-order valence-electron chi connectivity index (χ2n) is 5.68. The zero-order chi connectivity index (χ0) is 15.7. The van der Waals surface area contributed by atoms with Gasteiger partial charge in [-0.3, -0.25) is 0 Å².